The van der Waals surface area contributed by atoms with Crippen molar-refractivity contribution in [2.24, 2.45) is 0 Å². The van der Waals surface area contributed by atoms with Crippen LogP contribution in [0.3, 0.4) is 0 Å². The van der Waals surface area contributed by atoms with E-state index in [1.54, 1.807) is 0 Å². The van der Waals surface area contributed by atoms with E-state index in [-0.39, 0.29) is 247 Å². The number of ether oxygens (including phenoxy) is 14. The quantitative estimate of drug-likeness (QED) is 0.0199. The molecule has 4 saturated heterocycles. The zero-order chi connectivity index (χ0) is 93.2. The number of hydrogen-bond donors (Lipinski definition) is 19. The summed E-state index contributed by atoms with van der Waals surface area (Å²) < 4.78 is 79.7. The van der Waals surface area contributed by atoms with Crippen LogP contribution in [0.2, 0.25) is 0 Å². The van der Waals surface area contributed by atoms with Crippen molar-refractivity contribution < 1.29 is 179 Å². The monoisotopic (exact) mass is 1830 g/mol. The minimum atomic E-state index is -1.53. The molecular formula is C79H137N11O37. The molecule has 0 spiro atoms. The Morgan fingerprint density at radius 3 is 0.874 bits per heavy atom. The Kier molecular flexibility index (Phi) is 57.9. The fourth-order valence-corrected chi connectivity index (χ4v) is 12.8. The van der Waals surface area contributed by atoms with Gasteiger partial charge in [-0.2, -0.15) is 0 Å². The second-order valence-corrected chi connectivity index (χ2v) is 30.3. The Bertz CT molecular complexity index is 2970. The van der Waals surface area contributed by atoms with E-state index in [1.165, 1.54) is 20.8 Å². The maximum atomic E-state index is 13.9. The van der Waals surface area contributed by atoms with Gasteiger partial charge in [-0.25, -0.2) is 4.79 Å². The van der Waals surface area contributed by atoms with Gasteiger partial charge >= 0.3 is 5.97 Å². The van der Waals surface area contributed by atoms with E-state index in [4.69, 9.17) is 71.2 Å². The Morgan fingerprint density at radius 1 is 0.331 bits per heavy atom. The molecule has 0 aliphatic carbocycles. The molecule has 4 rings (SSSR count). The van der Waals surface area contributed by atoms with Crippen molar-refractivity contribution in [3.8, 4) is 0 Å². The number of aliphatic hydroxyl groups is 9. The number of amides is 12. The lowest BCUT2D eigenvalue weighted by molar-refractivity contribution is -0.270. The van der Waals surface area contributed by atoms with E-state index in [2.05, 4.69) is 53.2 Å². The summed E-state index contributed by atoms with van der Waals surface area (Å²) in [6.45, 7) is 3.04. The number of nitrogens with zero attached hydrogens (tertiary/aromatic N) is 1. The predicted molar refractivity (Wildman–Crippen MR) is 435 cm³/mol. The Balaban J connectivity index is 1.28. The van der Waals surface area contributed by atoms with Crippen molar-refractivity contribution in [3.63, 3.8) is 0 Å². The van der Waals surface area contributed by atoms with E-state index in [0.717, 1.165) is 0 Å². The van der Waals surface area contributed by atoms with Gasteiger partial charge in [0.1, 0.15) is 78.6 Å². The van der Waals surface area contributed by atoms with E-state index in [9.17, 15) is 108 Å². The van der Waals surface area contributed by atoms with Gasteiger partial charge in [-0.1, -0.05) is 0 Å². The van der Waals surface area contributed by atoms with Crippen molar-refractivity contribution >= 4 is 76.9 Å². The normalized spacial score (nSPS) is 23.3. The van der Waals surface area contributed by atoms with Gasteiger partial charge < -0.3 is 170 Å². The van der Waals surface area contributed by atoms with Crippen LogP contribution in [0, 0.1) is 0 Å². The standard InChI is InChI=1S/C79H137N11O37/c1-51(94)86-67-73(110)70(107)54(45-91)124-76(67)121-29-7-4-13-57(97)80-23-10-26-83-60(100)18-33-118-48-79(89-63(103)21-32-113-37-39-115-41-43-117-44-42-116-40-38-114-36-22-66(106)127-90-64(104)16-17-65(90)105,49-119-34-19-61(101)84-27-11-24-81-58(98)14-5-8-30-122-77-68(87-52(2)95)74(111)71(108)55(46-92)125-77)50-120-35-20-62(102)85-28-12-25-82-59(99)15-6-9-31-123-78-69(88-53(3)96)75(112)72(109)56(47-93)126-78/h54-56,67-78,91-93,107-112H,4-50H2,1-3H3,(H,80,97)(H,81,98)(H,82,99)(H,83,100)(H,84,101)(H,85,102)(H,86,94)(H,87,95)(H,88,96)(H,89,103). The first-order chi connectivity index (χ1) is 61.0. The molecule has 4 aliphatic heterocycles. The van der Waals surface area contributed by atoms with Gasteiger partial charge in [0.2, 0.25) is 59.1 Å². The second kappa shape index (κ2) is 65.9. The van der Waals surface area contributed by atoms with Crippen molar-refractivity contribution in [3.05, 3.63) is 0 Å². The third-order valence-electron chi connectivity index (χ3n) is 19.6. The summed E-state index contributed by atoms with van der Waals surface area (Å²) in [6.07, 6.45) is -13.0. The summed E-state index contributed by atoms with van der Waals surface area (Å²) in [5.74, 6) is -6.07. The summed E-state index contributed by atoms with van der Waals surface area (Å²) in [4.78, 5) is 167. The van der Waals surface area contributed by atoms with Crippen LogP contribution in [-0.4, -0.2) is 410 Å². The van der Waals surface area contributed by atoms with Crippen molar-refractivity contribution in [1.29, 1.82) is 0 Å². The lowest BCUT2D eigenvalue weighted by Gasteiger charge is -2.42. The van der Waals surface area contributed by atoms with Crippen LogP contribution in [0.4, 0.5) is 0 Å². The minimum absolute atomic E-state index is 0.0128. The average molecular weight is 1830 g/mol. The Morgan fingerprint density at radius 2 is 0.591 bits per heavy atom. The van der Waals surface area contributed by atoms with Gasteiger partial charge in [-0.15, -0.1) is 5.06 Å². The molecule has 0 bridgehead atoms. The molecule has 15 unspecified atom stereocenters. The van der Waals surface area contributed by atoms with Crippen LogP contribution in [-0.2, 0) is 133 Å². The molecule has 15 atom stereocenters. The predicted octanol–water partition coefficient (Wildman–Crippen LogP) is -8.21. The number of carbonyl (C=O) groups excluding carboxylic acids is 13. The van der Waals surface area contributed by atoms with Gasteiger partial charge in [0, 0.05) is 138 Å². The molecule has 0 aromatic carbocycles. The highest BCUT2D eigenvalue weighted by Gasteiger charge is 2.48. The summed E-state index contributed by atoms with van der Waals surface area (Å²) in [6, 6.07) is -3.33. The molecule has 0 aromatic heterocycles. The maximum absolute atomic E-state index is 13.9. The number of nitrogens with one attached hydrogen (secondary N) is 10. The number of rotatable bonds is 71. The van der Waals surface area contributed by atoms with E-state index in [1.807, 2.05) is 0 Å². The molecule has 19 N–H and O–H groups in total. The van der Waals surface area contributed by atoms with Gasteiger partial charge in [0.05, 0.1) is 132 Å². The molecule has 12 amide bonds. The molecule has 730 valence electrons. The van der Waals surface area contributed by atoms with Gasteiger partial charge in [-0.3, -0.25) is 57.5 Å². The molecule has 0 aromatic rings. The highest BCUT2D eigenvalue weighted by Crippen LogP contribution is 2.26. The zero-order valence-corrected chi connectivity index (χ0v) is 72.8. The number of hydroxylamine groups is 2. The number of aliphatic hydroxyl groups excluding tert-OH is 9. The van der Waals surface area contributed by atoms with Crippen LogP contribution < -0.4 is 53.2 Å². The zero-order valence-electron chi connectivity index (χ0n) is 72.8. The van der Waals surface area contributed by atoms with Crippen LogP contribution in [0.5, 0.6) is 0 Å². The lowest BCUT2D eigenvalue weighted by atomic mass is 9.97. The summed E-state index contributed by atoms with van der Waals surface area (Å²) in [5.41, 5.74) is -1.53. The van der Waals surface area contributed by atoms with Gasteiger partial charge in [0.15, 0.2) is 18.9 Å². The van der Waals surface area contributed by atoms with Gasteiger partial charge in [-0.05, 0) is 57.8 Å². The van der Waals surface area contributed by atoms with E-state index >= 15 is 0 Å². The molecule has 48 heteroatoms. The Labute approximate surface area is 736 Å². The molecule has 127 heavy (non-hydrogen) atoms. The number of unbranched alkanes of at least 4 members (excludes halogenated alkanes) is 3. The van der Waals surface area contributed by atoms with Crippen LogP contribution in [0.25, 0.3) is 0 Å². The van der Waals surface area contributed by atoms with Crippen LogP contribution >= 0.6 is 0 Å². The second-order valence-electron chi connectivity index (χ2n) is 30.3. The van der Waals surface area contributed by atoms with Crippen molar-refractivity contribution in [2.45, 2.75) is 240 Å². The first kappa shape index (κ1) is 112. The average Bonchev–Trinajstić information content (AvgIpc) is 1.62. The number of hydrogen-bond acceptors (Lipinski definition) is 37. The SMILES string of the molecule is CC(=O)NC1C(OCCCCC(=O)NCCCNC(=O)CCOCC(COCCC(=O)NCCCNC(=O)CCCCOC2OC(CO)C(O)C(O)C2NC(C)=O)(COCCC(=O)NCCCNC(=O)CCCCOC2OC(CO)C(O)C(O)C2NC(C)=O)NC(=O)CCOCCOCCOCCOCCOCCC(=O)ON2C(=O)CCC2=O)OC(CO)C(O)C1O. The number of imide groups is 1. The van der Waals surface area contributed by atoms with Crippen molar-refractivity contribution in [2.75, 3.05) is 185 Å². The maximum Gasteiger partial charge on any atom is 0.335 e. The van der Waals surface area contributed by atoms with Gasteiger partial charge in [0.25, 0.3) is 11.8 Å². The Hall–Kier alpha value is -7.61. The molecule has 4 fully saturated rings. The first-order valence-corrected chi connectivity index (χ1v) is 43.1. The third kappa shape index (κ3) is 47.2. The van der Waals surface area contributed by atoms with E-state index in [0.29, 0.717) is 62.9 Å². The minimum Gasteiger partial charge on any atom is -0.394 e. The largest absolute Gasteiger partial charge is 0.394 e. The highest BCUT2D eigenvalue weighted by atomic mass is 16.7. The fourth-order valence-electron chi connectivity index (χ4n) is 12.8. The van der Waals surface area contributed by atoms with Crippen LogP contribution in [0.1, 0.15) is 143 Å². The summed E-state index contributed by atoms with van der Waals surface area (Å²) in [7, 11) is 0. The smallest absolute Gasteiger partial charge is 0.335 e. The summed E-state index contributed by atoms with van der Waals surface area (Å²) in [5, 5.41) is 119. The molecule has 0 radical (unpaired) electrons. The molecular weight excluding hydrogens is 1690 g/mol. The summed E-state index contributed by atoms with van der Waals surface area (Å²) >= 11 is 0. The topological polar surface area (TPSA) is 666 Å². The van der Waals surface area contributed by atoms with Crippen LogP contribution in [0.15, 0.2) is 0 Å². The molecule has 4 aliphatic rings. The molecule has 0 saturated carbocycles. The van der Waals surface area contributed by atoms with Crippen molar-refractivity contribution in [1.82, 2.24) is 58.2 Å². The lowest BCUT2D eigenvalue weighted by Crippen LogP contribution is -2.64. The van der Waals surface area contributed by atoms with E-state index < -0.39 is 176 Å². The number of carbonyl (C=O) groups is 13. The highest BCUT2D eigenvalue weighted by molar-refractivity contribution is 6.01. The fraction of sp³-hybridized carbons (Fsp3) is 0.835. The third-order valence-corrected chi connectivity index (χ3v) is 19.6. The first-order valence-electron chi connectivity index (χ1n) is 43.1. The molecule has 48 nitrogen and oxygen atoms in total. The molecule has 4 heterocycles.